The van der Waals surface area contributed by atoms with Crippen LogP contribution in [-0.4, -0.2) is 49.5 Å². The van der Waals surface area contributed by atoms with Crippen LogP contribution in [-0.2, 0) is 10.0 Å². The number of hydrazine groups is 1. The summed E-state index contributed by atoms with van der Waals surface area (Å²) in [4.78, 5) is 0.415. The minimum Gasteiger partial charge on any atom is -0.315 e. The van der Waals surface area contributed by atoms with E-state index in [1.54, 1.807) is 16.4 Å². The summed E-state index contributed by atoms with van der Waals surface area (Å²) in [7, 11) is -3.35. The molecule has 1 saturated carbocycles. The smallest absolute Gasteiger partial charge is 0.243 e. The molecular weight excluding hydrogens is 356 g/mol. The molecule has 6 nitrogen and oxygen atoms in total. The number of hydrogen-bond acceptors (Lipinski definition) is 6. The Hall–Kier alpha value is -0.640. The molecule has 138 valence electrons. The average Bonchev–Trinajstić information content (AvgIpc) is 3.03. The van der Waals surface area contributed by atoms with E-state index in [9.17, 15) is 8.42 Å². The minimum absolute atomic E-state index is 0.00409. The summed E-state index contributed by atoms with van der Waals surface area (Å²) in [5, 5.41) is 0. The number of nitrogens with one attached hydrogen (secondary N) is 2. The van der Waals surface area contributed by atoms with Gasteiger partial charge in [-0.05, 0) is 42.9 Å². The van der Waals surface area contributed by atoms with Crippen molar-refractivity contribution in [2.24, 2.45) is 11.7 Å². The van der Waals surface area contributed by atoms with E-state index < -0.39 is 10.0 Å². The molecule has 0 bridgehead atoms. The van der Waals surface area contributed by atoms with E-state index in [1.807, 2.05) is 23.9 Å². The van der Waals surface area contributed by atoms with Gasteiger partial charge in [0.2, 0.25) is 10.0 Å². The molecule has 0 radical (unpaired) electrons. The number of rotatable bonds is 3. The molecule has 2 heterocycles. The average molecular weight is 383 g/mol. The molecule has 4 N–H and O–H groups in total. The molecule has 2 saturated heterocycles. The first-order valence-corrected chi connectivity index (χ1v) is 11.6. The van der Waals surface area contributed by atoms with E-state index in [0.717, 1.165) is 30.8 Å². The first-order valence-electron chi connectivity index (χ1n) is 9.00. The van der Waals surface area contributed by atoms with Crippen molar-refractivity contribution in [2.45, 2.75) is 42.3 Å². The third-order valence-electron chi connectivity index (χ3n) is 5.76. The first-order chi connectivity index (χ1) is 12.1. The number of nitrogens with zero attached hydrogens (tertiary/aromatic N) is 1. The van der Waals surface area contributed by atoms with Crippen molar-refractivity contribution < 1.29 is 8.42 Å². The number of thioether (sulfide) groups is 1. The van der Waals surface area contributed by atoms with Gasteiger partial charge in [-0.1, -0.05) is 12.1 Å². The van der Waals surface area contributed by atoms with Crippen LogP contribution in [0.25, 0.3) is 0 Å². The largest absolute Gasteiger partial charge is 0.315 e. The van der Waals surface area contributed by atoms with Crippen molar-refractivity contribution in [1.82, 2.24) is 15.2 Å². The predicted molar refractivity (Wildman–Crippen MR) is 101 cm³/mol. The fraction of sp³-hybridized carbons (Fsp3) is 0.647. The van der Waals surface area contributed by atoms with Gasteiger partial charge < -0.3 is 5.73 Å². The Bertz CT molecular complexity index is 704. The summed E-state index contributed by atoms with van der Waals surface area (Å²) >= 11 is 1.81. The zero-order valence-corrected chi connectivity index (χ0v) is 15.9. The number of hydrogen-bond donors (Lipinski definition) is 3. The highest BCUT2D eigenvalue weighted by Crippen LogP contribution is 2.38. The van der Waals surface area contributed by atoms with Crippen molar-refractivity contribution in [3.05, 3.63) is 29.8 Å². The lowest BCUT2D eigenvalue weighted by molar-refractivity contribution is 0.278. The Balaban J connectivity index is 1.48. The molecule has 3 aliphatic rings. The van der Waals surface area contributed by atoms with Crippen molar-refractivity contribution in [3.8, 4) is 0 Å². The van der Waals surface area contributed by atoms with Gasteiger partial charge in [0.05, 0.1) is 11.1 Å². The third kappa shape index (κ3) is 3.48. The molecule has 2 aliphatic heterocycles. The minimum atomic E-state index is -3.35. The molecule has 1 aromatic carbocycles. The fourth-order valence-corrected chi connectivity index (χ4v) is 6.82. The van der Waals surface area contributed by atoms with Gasteiger partial charge in [-0.2, -0.15) is 16.1 Å². The van der Waals surface area contributed by atoms with Gasteiger partial charge in [-0.25, -0.2) is 13.8 Å². The Morgan fingerprint density at radius 3 is 2.52 bits per heavy atom. The van der Waals surface area contributed by atoms with E-state index in [2.05, 4.69) is 10.9 Å². The monoisotopic (exact) mass is 382 g/mol. The highest BCUT2D eigenvalue weighted by Gasteiger charge is 2.39. The SMILES string of the molecule is NC1NNC2CCC(c3ccc(S(=O)(=O)N4CCSCC4)cc3)CC12. The molecule has 8 heteroatoms. The molecule has 0 spiro atoms. The molecule has 3 fully saturated rings. The standard InChI is InChI=1S/C17H26N4O2S2/c18-17-15-11-13(3-6-16(15)19-20-17)12-1-4-14(5-2-12)25(22,23)21-7-9-24-10-8-21/h1-2,4-5,13,15-17,19-20H,3,6-11,18H2. The van der Waals surface area contributed by atoms with E-state index in [1.165, 1.54) is 5.56 Å². The number of fused-ring (bicyclic) bond motifs is 1. The van der Waals surface area contributed by atoms with Crippen LogP contribution in [0.15, 0.2) is 29.2 Å². The van der Waals surface area contributed by atoms with E-state index >= 15 is 0 Å². The van der Waals surface area contributed by atoms with E-state index in [4.69, 9.17) is 5.73 Å². The van der Waals surface area contributed by atoms with Gasteiger partial charge in [0.1, 0.15) is 0 Å². The van der Waals surface area contributed by atoms with E-state index in [0.29, 0.717) is 35.9 Å². The maximum absolute atomic E-state index is 12.8. The molecule has 25 heavy (non-hydrogen) atoms. The van der Waals surface area contributed by atoms with Gasteiger partial charge in [0.15, 0.2) is 0 Å². The van der Waals surface area contributed by atoms with Crippen LogP contribution < -0.4 is 16.6 Å². The number of sulfonamides is 1. The zero-order chi connectivity index (χ0) is 17.4. The second-order valence-corrected chi connectivity index (χ2v) is 10.3. The third-order valence-corrected chi connectivity index (χ3v) is 8.61. The van der Waals surface area contributed by atoms with Crippen LogP contribution in [0.2, 0.25) is 0 Å². The van der Waals surface area contributed by atoms with Crippen LogP contribution >= 0.6 is 11.8 Å². The van der Waals surface area contributed by atoms with Gasteiger partial charge >= 0.3 is 0 Å². The second kappa shape index (κ2) is 7.17. The summed E-state index contributed by atoms with van der Waals surface area (Å²) in [6, 6.07) is 8.02. The summed E-state index contributed by atoms with van der Waals surface area (Å²) in [5.41, 5.74) is 13.8. The topological polar surface area (TPSA) is 87.5 Å². The Morgan fingerprint density at radius 1 is 1.08 bits per heavy atom. The van der Waals surface area contributed by atoms with Gasteiger partial charge in [0.25, 0.3) is 0 Å². The molecular formula is C17H26N4O2S2. The Labute approximate surface area is 153 Å². The maximum atomic E-state index is 12.8. The summed E-state index contributed by atoms with van der Waals surface area (Å²) in [6.45, 7) is 1.22. The lowest BCUT2D eigenvalue weighted by atomic mass is 9.75. The predicted octanol–water partition coefficient (Wildman–Crippen LogP) is 1.07. The highest BCUT2D eigenvalue weighted by molar-refractivity contribution is 7.99. The molecule has 0 aromatic heterocycles. The van der Waals surface area contributed by atoms with Crippen LogP contribution in [0.1, 0.15) is 30.7 Å². The molecule has 4 rings (SSSR count). The summed E-state index contributed by atoms with van der Waals surface area (Å²) < 4.78 is 27.1. The Morgan fingerprint density at radius 2 is 1.80 bits per heavy atom. The van der Waals surface area contributed by atoms with Crippen molar-refractivity contribution >= 4 is 21.8 Å². The highest BCUT2D eigenvalue weighted by atomic mass is 32.2. The van der Waals surface area contributed by atoms with Gasteiger partial charge in [0, 0.05) is 36.6 Å². The van der Waals surface area contributed by atoms with Crippen LogP contribution in [0, 0.1) is 5.92 Å². The quantitative estimate of drug-likeness (QED) is 0.725. The van der Waals surface area contributed by atoms with Crippen LogP contribution in [0.4, 0.5) is 0 Å². The van der Waals surface area contributed by atoms with Crippen molar-refractivity contribution in [3.63, 3.8) is 0 Å². The van der Waals surface area contributed by atoms with Crippen LogP contribution in [0.3, 0.4) is 0 Å². The molecule has 4 atom stereocenters. The molecule has 4 unspecified atom stereocenters. The fourth-order valence-electron chi connectivity index (χ4n) is 4.24. The molecule has 0 amide bonds. The van der Waals surface area contributed by atoms with Gasteiger partial charge in [-0.15, -0.1) is 0 Å². The second-order valence-electron chi connectivity index (χ2n) is 7.18. The number of benzene rings is 1. The zero-order valence-electron chi connectivity index (χ0n) is 14.2. The molecule has 1 aliphatic carbocycles. The summed E-state index contributed by atoms with van der Waals surface area (Å²) in [5.74, 6) is 2.65. The summed E-state index contributed by atoms with van der Waals surface area (Å²) in [6.07, 6.45) is 3.25. The Kier molecular flexibility index (Phi) is 5.09. The normalized spacial score (nSPS) is 34.0. The first kappa shape index (κ1) is 17.8. The van der Waals surface area contributed by atoms with Gasteiger partial charge in [-0.3, -0.25) is 5.43 Å². The van der Waals surface area contributed by atoms with Crippen molar-refractivity contribution in [1.29, 1.82) is 0 Å². The van der Waals surface area contributed by atoms with Crippen LogP contribution in [0.5, 0.6) is 0 Å². The molecule has 1 aromatic rings. The van der Waals surface area contributed by atoms with Crippen molar-refractivity contribution in [2.75, 3.05) is 24.6 Å². The maximum Gasteiger partial charge on any atom is 0.243 e. The lowest BCUT2D eigenvalue weighted by Gasteiger charge is -2.32. The van der Waals surface area contributed by atoms with E-state index in [-0.39, 0.29) is 6.17 Å². The lowest BCUT2D eigenvalue weighted by Crippen LogP contribution is -2.39. The number of nitrogens with two attached hydrogens (primary N) is 1.